The summed E-state index contributed by atoms with van der Waals surface area (Å²) in [4.78, 5) is 24.8. The van der Waals surface area contributed by atoms with Crippen molar-refractivity contribution in [1.82, 2.24) is 14.5 Å². The number of rotatable bonds is 4. The second-order valence-corrected chi connectivity index (χ2v) is 8.56. The maximum atomic E-state index is 13.0. The number of carbonyl (C=O) groups is 1. The summed E-state index contributed by atoms with van der Waals surface area (Å²) < 4.78 is 27.2. The van der Waals surface area contributed by atoms with E-state index in [-0.39, 0.29) is 29.1 Å². The van der Waals surface area contributed by atoms with Crippen molar-refractivity contribution in [1.29, 1.82) is 0 Å². The van der Waals surface area contributed by atoms with Gasteiger partial charge in [-0.3, -0.25) is 14.9 Å². The van der Waals surface area contributed by atoms with Gasteiger partial charge in [0.25, 0.3) is 5.69 Å². The summed E-state index contributed by atoms with van der Waals surface area (Å²) in [5.74, 6) is -0.190. The monoisotopic (exact) mass is 382 g/mol. The molecule has 0 aromatic heterocycles. The van der Waals surface area contributed by atoms with E-state index in [1.54, 1.807) is 4.90 Å². The van der Waals surface area contributed by atoms with Gasteiger partial charge in [0.1, 0.15) is 6.04 Å². The number of amides is 1. The van der Waals surface area contributed by atoms with E-state index in [1.807, 2.05) is 6.92 Å². The molecule has 142 valence electrons. The Labute approximate surface area is 152 Å². The average molecular weight is 382 g/mol. The molecule has 3 rings (SSSR count). The van der Waals surface area contributed by atoms with Gasteiger partial charge >= 0.3 is 0 Å². The molecule has 9 nitrogen and oxygen atoms in total. The van der Waals surface area contributed by atoms with Crippen LogP contribution in [0.25, 0.3) is 0 Å². The lowest BCUT2D eigenvalue weighted by molar-refractivity contribution is -0.385. The van der Waals surface area contributed by atoms with E-state index in [0.717, 1.165) is 6.07 Å². The van der Waals surface area contributed by atoms with Crippen LogP contribution in [-0.2, 0) is 14.8 Å². The highest BCUT2D eigenvalue weighted by atomic mass is 32.2. The van der Waals surface area contributed by atoms with E-state index < -0.39 is 21.0 Å². The molecule has 26 heavy (non-hydrogen) atoms. The molecule has 0 spiro atoms. The zero-order valence-electron chi connectivity index (χ0n) is 14.5. The fourth-order valence-corrected chi connectivity index (χ4v) is 5.20. The Balaban J connectivity index is 1.85. The molecule has 0 radical (unpaired) electrons. The fraction of sp³-hybridized carbons (Fsp3) is 0.562. The Bertz CT molecular complexity index is 813. The van der Waals surface area contributed by atoms with Gasteiger partial charge in [0, 0.05) is 44.4 Å². The summed E-state index contributed by atoms with van der Waals surface area (Å²) in [6.07, 6.45) is 1.05. The van der Waals surface area contributed by atoms with Crippen LogP contribution in [0, 0.1) is 10.1 Å². The summed E-state index contributed by atoms with van der Waals surface area (Å²) >= 11 is 0. The normalized spacial score (nSPS) is 24.6. The SMILES string of the molecule is CC1CN(C(=O)C2CCCN2S(=O)(=O)c2cccc([N+](=O)[O-])c2)CCN1. The predicted molar refractivity (Wildman–Crippen MR) is 94.1 cm³/mol. The number of nitrogens with one attached hydrogen (secondary N) is 1. The van der Waals surface area contributed by atoms with E-state index in [9.17, 15) is 23.3 Å². The van der Waals surface area contributed by atoms with Crippen molar-refractivity contribution >= 4 is 21.6 Å². The summed E-state index contributed by atoms with van der Waals surface area (Å²) in [5.41, 5.74) is -0.288. The maximum Gasteiger partial charge on any atom is 0.270 e. The van der Waals surface area contributed by atoms with Crippen LogP contribution in [0.5, 0.6) is 0 Å². The van der Waals surface area contributed by atoms with E-state index >= 15 is 0 Å². The van der Waals surface area contributed by atoms with Crippen molar-refractivity contribution in [3.63, 3.8) is 0 Å². The molecule has 0 aliphatic carbocycles. The van der Waals surface area contributed by atoms with Crippen molar-refractivity contribution in [3.05, 3.63) is 34.4 Å². The minimum Gasteiger partial charge on any atom is -0.338 e. The molecule has 1 N–H and O–H groups in total. The Hall–Kier alpha value is -2.04. The molecular formula is C16H22N4O5S. The van der Waals surface area contributed by atoms with Crippen LogP contribution in [-0.4, -0.2) is 66.7 Å². The van der Waals surface area contributed by atoms with Gasteiger partial charge in [-0.2, -0.15) is 4.31 Å². The zero-order valence-corrected chi connectivity index (χ0v) is 15.3. The molecule has 1 amide bonds. The van der Waals surface area contributed by atoms with Gasteiger partial charge in [0.05, 0.1) is 9.82 Å². The number of sulfonamides is 1. The second-order valence-electron chi connectivity index (χ2n) is 6.67. The Kier molecular flexibility index (Phi) is 5.26. The van der Waals surface area contributed by atoms with Gasteiger partial charge in [-0.15, -0.1) is 0 Å². The molecule has 2 unspecified atom stereocenters. The van der Waals surface area contributed by atoms with Crippen LogP contribution in [0.1, 0.15) is 19.8 Å². The second kappa shape index (κ2) is 7.29. The fourth-order valence-electron chi connectivity index (χ4n) is 3.51. The third-order valence-electron chi connectivity index (χ3n) is 4.80. The zero-order chi connectivity index (χ0) is 18.9. The van der Waals surface area contributed by atoms with Crippen LogP contribution in [0.4, 0.5) is 5.69 Å². The molecule has 2 heterocycles. The first-order valence-electron chi connectivity index (χ1n) is 8.59. The van der Waals surface area contributed by atoms with Crippen molar-refractivity contribution in [2.24, 2.45) is 0 Å². The number of non-ortho nitro benzene ring substituents is 1. The number of hydrogen-bond acceptors (Lipinski definition) is 6. The number of benzene rings is 1. The number of nitrogens with zero attached hydrogens (tertiary/aromatic N) is 3. The first-order chi connectivity index (χ1) is 12.3. The van der Waals surface area contributed by atoms with Gasteiger partial charge in [0.2, 0.25) is 15.9 Å². The molecule has 0 saturated carbocycles. The lowest BCUT2D eigenvalue weighted by atomic mass is 10.1. The van der Waals surface area contributed by atoms with Crippen LogP contribution < -0.4 is 5.32 Å². The van der Waals surface area contributed by atoms with E-state index in [0.29, 0.717) is 32.5 Å². The third kappa shape index (κ3) is 3.57. The average Bonchev–Trinajstić information content (AvgIpc) is 3.11. The Morgan fingerprint density at radius 3 is 2.81 bits per heavy atom. The molecule has 1 aromatic rings. The van der Waals surface area contributed by atoms with Gasteiger partial charge in [-0.1, -0.05) is 6.07 Å². The lowest BCUT2D eigenvalue weighted by Crippen LogP contribution is -2.56. The van der Waals surface area contributed by atoms with Gasteiger partial charge < -0.3 is 10.2 Å². The minimum absolute atomic E-state index is 0.153. The highest BCUT2D eigenvalue weighted by Gasteiger charge is 2.41. The summed E-state index contributed by atoms with van der Waals surface area (Å²) in [5, 5.41) is 14.2. The number of hydrogen-bond donors (Lipinski definition) is 1. The molecule has 2 saturated heterocycles. The Morgan fingerprint density at radius 1 is 1.35 bits per heavy atom. The quantitative estimate of drug-likeness (QED) is 0.602. The number of piperazine rings is 1. The molecule has 10 heteroatoms. The van der Waals surface area contributed by atoms with Gasteiger partial charge in [-0.25, -0.2) is 8.42 Å². The van der Waals surface area contributed by atoms with Crippen molar-refractivity contribution in [2.75, 3.05) is 26.2 Å². The van der Waals surface area contributed by atoms with Gasteiger partial charge in [-0.05, 0) is 25.8 Å². The first kappa shape index (κ1) is 18.7. The van der Waals surface area contributed by atoms with E-state index in [1.165, 1.54) is 22.5 Å². The van der Waals surface area contributed by atoms with Crippen molar-refractivity contribution < 1.29 is 18.1 Å². The smallest absolute Gasteiger partial charge is 0.270 e. The Morgan fingerprint density at radius 2 is 2.12 bits per heavy atom. The van der Waals surface area contributed by atoms with Crippen molar-refractivity contribution in [2.45, 2.75) is 36.7 Å². The highest BCUT2D eigenvalue weighted by molar-refractivity contribution is 7.89. The largest absolute Gasteiger partial charge is 0.338 e. The van der Waals surface area contributed by atoms with Crippen LogP contribution >= 0.6 is 0 Å². The number of carbonyl (C=O) groups excluding carboxylic acids is 1. The predicted octanol–water partition coefficient (Wildman–Crippen LogP) is 0.568. The van der Waals surface area contributed by atoms with Crippen LogP contribution in [0.3, 0.4) is 0 Å². The minimum atomic E-state index is -3.98. The summed E-state index contributed by atoms with van der Waals surface area (Å²) in [6, 6.07) is 4.38. The molecule has 2 fully saturated rings. The van der Waals surface area contributed by atoms with E-state index in [4.69, 9.17) is 0 Å². The number of nitro benzene ring substituents is 1. The summed E-state index contributed by atoms with van der Waals surface area (Å²) in [7, 11) is -3.98. The molecule has 2 atom stereocenters. The molecule has 2 aliphatic heterocycles. The first-order valence-corrected chi connectivity index (χ1v) is 10.0. The summed E-state index contributed by atoms with van der Waals surface area (Å²) in [6.45, 7) is 3.98. The van der Waals surface area contributed by atoms with Crippen molar-refractivity contribution in [3.8, 4) is 0 Å². The molecule has 2 aliphatic rings. The number of nitro groups is 1. The third-order valence-corrected chi connectivity index (χ3v) is 6.71. The van der Waals surface area contributed by atoms with Crippen LogP contribution in [0.15, 0.2) is 29.2 Å². The molecular weight excluding hydrogens is 360 g/mol. The molecule has 0 bridgehead atoms. The van der Waals surface area contributed by atoms with E-state index in [2.05, 4.69) is 5.32 Å². The molecule has 1 aromatic carbocycles. The lowest BCUT2D eigenvalue weighted by Gasteiger charge is -2.35. The maximum absolute atomic E-state index is 13.0. The topological polar surface area (TPSA) is 113 Å². The van der Waals surface area contributed by atoms with Gasteiger partial charge in [0.15, 0.2) is 0 Å². The van der Waals surface area contributed by atoms with Crippen LogP contribution in [0.2, 0.25) is 0 Å². The highest BCUT2D eigenvalue weighted by Crippen LogP contribution is 2.29. The standard InChI is InChI=1S/C16H22N4O5S/c1-12-11-18(9-7-17-12)16(21)15-6-3-8-19(15)26(24,25)14-5-2-4-13(10-14)20(22)23/h2,4-5,10,12,15,17H,3,6-9,11H2,1H3.